The third-order valence-electron chi connectivity index (χ3n) is 6.76. The van der Waals surface area contributed by atoms with Crippen LogP contribution in [0.4, 0.5) is 0 Å². The number of hydrogen-bond acceptors (Lipinski definition) is 6. The van der Waals surface area contributed by atoms with Crippen molar-refractivity contribution in [3.05, 3.63) is 70.5 Å². The average Bonchev–Trinajstić information content (AvgIpc) is 3.64. The number of ketones is 1. The number of carbonyl (C=O) groups excluding carboxylic acids is 1. The number of H-pyrrole nitrogens is 1. The van der Waals surface area contributed by atoms with Gasteiger partial charge in [0.25, 0.3) is 0 Å². The summed E-state index contributed by atoms with van der Waals surface area (Å²) in [6, 6.07) is 17.8. The van der Waals surface area contributed by atoms with Crippen LogP contribution in [-0.4, -0.2) is 26.4 Å². The number of halogens is 1. The van der Waals surface area contributed by atoms with E-state index < -0.39 is 0 Å². The van der Waals surface area contributed by atoms with E-state index in [0.29, 0.717) is 35.2 Å². The first-order valence-electron chi connectivity index (χ1n) is 11.8. The molecule has 5 aromatic rings. The summed E-state index contributed by atoms with van der Waals surface area (Å²) in [4.78, 5) is 13.5. The average molecular weight is 531 g/mol. The minimum atomic E-state index is 0.170. The van der Waals surface area contributed by atoms with Crippen molar-refractivity contribution < 1.29 is 13.9 Å². The Morgan fingerprint density at radius 3 is 2.77 bits per heavy atom. The first-order chi connectivity index (χ1) is 17.2. The van der Waals surface area contributed by atoms with Crippen LogP contribution in [0.3, 0.4) is 0 Å². The second kappa shape index (κ2) is 9.26. The van der Waals surface area contributed by atoms with Crippen LogP contribution in [0.15, 0.2) is 63.5 Å². The Bertz CT molecular complexity index is 1520. The number of benzene rings is 3. The molecule has 6 rings (SSSR count). The molecule has 176 valence electrons. The number of nitrogens with one attached hydrogen (secondary N) is 1. The number of para-hydroxylation sites is 1. The summed E-state index contributed by atoms with van der Waals surface area (Å²) in [7, 11) is 0. The lowest BCUT2D eigenvalue weighted by Gasteiger charge is -2.11. The standard InChI is InChI=1S/C27H23BrN4O3/c28-26-19-11-9-18(14-17(19)10-12-23(26)34-15-24-29-31-32-30-24)27-25(20-7-3-4-8-22(20)35-27)21(33)13-16-5-1-2-6-16/h3-4,7-12,14,16H,1-2,5-6,13,15H2,(H,29,30,31,32). The van der Waals surface area contributed by atoms with Crippen LogP contribution in [0.5, 0.6) is 5.75 Å². The molecule has 0 atom stereocenters. The van der Waals surface area contributed by atoms with Crippen molar-refractivity contribution in [1.29, 1.82) is 0 Å². The number of hydrogen-bond donors (Lipinski definition) is 1. The summed E-state index contributed by atoms with van der Waals surface area (Å²) in [6.07, 6.45) is 5.29. The van der Waals surface area contributed by atoms with Gasteiger partial charge in [-0.1, -0.05) is 62.1 Å². The molecule has 1 N–H and O–H groups in total. The number of fused-ring (bicyclic) bond motifs is 2. The molecule has 1 aliphatic carbocycles. The third-order valence-corrected chi connectivity index (χ3v) is 7.58. The number of rotatable bonds is 7. The van der Waals surface area contributed by atoms with E-state index in [2.05, 4.69) is 42.6 Å². The molecule has 0 unspecified atom stereocenters. The minimum Gasteiger partial charge on any atom is -0.484 e. The van der Waals surface area contributed by atoms with Crippen LogP contribution in [-0.2, 0) is 6.61 Å². The van der Waals surface area contributed by atoms with E-state index in [-0.39, 0.29) is 12.4 Å². The van der Waals surface area contributed by atoms with Crippen molar-refractivity contribution in [3.63, 3.8) is 0 Å². The number of furan rings is 1. The van der Waals surface area contributed by atoms with Crippen molar-refractivity contribution >= 4 is 43.5 Å². The molecule has 1 saturated carbocycles. The highest BCUT2D eigenvalue weighted by atomic mass is 79.9. The van der Waals surface area contributed by atoms with Gasteiger partial charge in [0.05, 0.1) is 10.0 Å². The summed E-state index contributed by atoms with van der Waals surface area (Å²) in [5.41, 5.74) is 2.33. The minimum absolute atomic E-state index is 0.170. The molecule has 7 nitrogen and oxygen atoms in total. The van der Waals surface area contributed by atoms with Crippen LogP contribution in [0, 0.1) is 5.92 Å². The predicted octanol–water partition coefficient (Wildman–Crippen LogP) is 6.87. The fraction of sp³-hybridized carbons (Fsp3) is 0.259. The normalized spacial score (nSPS) is 14.2. The van der Waals surface area contributed by atoms with E-state index in [9.17, 15) is 4.79 Å². The van der Waals surface area contributed by atoms with Crippen LogP contribution < -0.4 is 4.74 Å². The van der Waals surface area contributed by atoms with Gasteiger partial charge >= 0.3 is 0 Å². The zero-order valence-electron chi connectivity index (χ0n) is 19.0. The number of aromatic amines is 1. The molecule has 0 bridgehead atoms. The van der Waals surface area contributed by atoms with Gasteiger partial charge in [-0.2, -0.15) is 0 Å². The topological polar surface area (TPSA) is 93.9 Å². The highest BCUT2D eigenvalue weighted by Gasteiger charge is 2.26. The second-order valence-corrected chi connectivity index (χ2v) is 9.82. The molecule has 2 heterocycles. The Morgan fingerprint density at radius 1 is 1.09 bits per heavy atom. The van der Waals surface area contributed by atoms with Gasteiger partial charge in [-0.05, 0) is 61.2 Å². The molecule has 0 amide bonds. The lowest BCUT2D eigenvalue weighted by Crippen LogP contribution is -2.06. The molecule has 1 aliphatic rings. The van der Waals surface area contributed by atoms with Gasteiger partial charge in [-0.3, -0.25) is 4.79 Å². The Kier molecular flexibility index (Phi) is 5.82. The Hall–Kier alpha value is -3.52. The highest BCUT2D eigenvalue weighted by molar-refractivity contribution is 9.10. The van der Waals surface area contributed by atoms with Crippen LogP contribution in [0.25, 0.3) is 33.1 Å². The van der Waals surface area contributed by atoms with Crippen molar-refractivity contribution in [3.8, 4) is 17.1 Å². The molecule has 0 radical (unpaired) electrons. The predicted molar refractivity (Wildman–Crippen MR) is 136 cm³/mol. The Morgan fingerprint density at radius 2 is 1.94 bits per heavy atom. The summed E-state index contributed by atoms with van der Waals surface area (Å²) in [5.74, 6) is 2.53. The largest absolute Gasteiger partial charge is 0.484 e. The van der Waals surface area contributed by atoms with Gasteiger partial charge in [0, 0.05) is 17.4 Å². The van der Waals surface area contributed by atoms with Crippen molar-refractivity contribution in [2.45, 2.75) is 38.7 Å². The third kappa shape index (κ3) is 4.23. The summed E-state index contributed by atoms with van der Waals surface area (Å²) in [5, 5.41) is 16.6. The Balaban J connectivity index is 1.37. The maximum Gasteiger partial charge on any atom is 0.186 e. The Labute approximate surface area is 210 Å². The number of aromatic nitrogens is 4. The first-order valence-corrected chi connectivity index (χ1v) is 12.6. The molecule has 35 heavy (non-hydrogen) atoms. The smallest absolute Gasteiger partial charge is 0.186 e. The maximum absolute atomic E-state index is 13.5. The zero-order chi connectivity index (χ0) is 23.8. The monoisotopic (exact) mass is 530 g/mol. The van der Waals surface area contributed by atoms with E-state index in [1.165, 1.54) is 12.8 Å². The van der Waals surface area contributed by atoms with Gasteiger partial charge in [0.2, 0.25) is 0 Å². The van der Waals surface area contributed by atoms with E-state index in [1.807, 2.05) is 48.5 Å². The number of tetrazole rings is 1. The van der Waals surface area contributed by atoms with E-state index >= 15 is 0 Å². The number of nitrogens with zero attached hydrogens (tertiary/aromatic N) is 3. The summed E-state index contributed by atoms with van der Waals surface area (Å²) < 4.78 is 13.0. The quantitative estimate of drug-likeness (QED) is 0.230. The summed E-state index contributed by atoms with van der Waals surface area (Å²) in [6.45, 7) is 0.237. The molecule has 0 aliphatic heterocycles. The zero-order valence-corrected chi connectivity index (χ0v) is 20.5. The first kappa shape index (κ1) is 22.0. The number of carbonyl (C=O) groups is 1. The molecular formula is C27H23BrN4O3. The fourth-order valence-electron chi connectivity index (χ4n) is 5.01. The van der Waals surface area contributed by atoms with E-state index in [0.717, 1.165) is 44.6 Å². The van der Waals surface area contributed by atoms with Gasteiger partial charge in [-0.15, -0.1) is 5.10 Å². The van der Waals surface area contributed by atoms with E-state index in [1.54, 1.807) is 0 Å². The second-order valence-electron chi connectivity index (χ2n) is 9.03. The van der Waals surface area contributed by atoms with Crippen LogP contribution >= 0.6 is 15.9 Å². The molecule has 1 fully saturated rings. The van der Waals surface area contributed by atoms with Gasteiger partial charge in [0.15, 0.2) is 11.6 Å². The highest BCUT2D eigenvalue weighted by Crippen LogP contribution is 2.40. The van der Waals surface area contributed by atoms with Crippen molar-refractivity contribution in [2.75, 3.05) is 0 Å². The number of ether oxygens (including phenoxy) is 1. The molecule has 8 heteroatoms. The van der Waals surface area contributed by atoms with E-state index in [4.69, 9.17) is 9.15 Å². The molecule has 2 aromatic heterocycles. The molecule has 3 aromatic carbocycles. The van der Waals surface area contributed by atoms with Gasteiger partial charge in [-0.25, -0.2) is 5.10 Å². The fourth-order valence-corrected chi connectivity index (χ4v) is 5.62. The molecule has 0 spiro atoms. The van der Waals surface area contributed by atoms with Crippen molar-refractivity contribution in [2.24, 2.45) is 5.92 Å². The van der Waals surface area contributed by atoms with Crippen molar-refractivity contribution in [1.82, 2.24) is 20.6 Å². The van der Waals surface area contributed by atoms with Gasteiger partial charge in [0.1, 0.15) is 23.7 Å². The van der Waals surface area contributed by atoms with Crippen LogP contribution in [0.2, 0.25) is 0 Å². The number of Topliss-reactive ketones (excluding diaryl/α,β-unsaturated/α-hetero) is 1. The van der Waals surface area contributed by atoms with Crippen LogP contribution in [0.1, 0.15) is 48.3 Å². The summed E-state index contributed by atoms with van der Waals surface area (Å²) >= 11 is 3.68. The molecule has 0 saturated heterocycles. The lowest BCUT2D eigenvalue weighted by molar-refractivity contribution is 0.0963. The maximum atomic E-state index is 13.5. The SMILES string of the molecule is O=C(CC1CCCC1)c1c(-c2ccc3c(Br)c(OCc4nnn[nH]4)ccc3c2)oc2ccccc12. The molecular weight excluding hydrogens is 508 g/mol. The lowest BCUT2D eigenvalue weighted by atomic mass is 9.93. The van der Waals surface area contributed by atoms with Gasteiger partial charge < -0.3 is 9.15 Å².